The molecule has 3 aromatic carbocycles. The predicted octanol–water partition coefficient (Wildman–Crippen LogP) is 4.11. The lowest BCUT2D eigenvalue weighted by Crippen LogP contribution is -1.93. The first kappa shape index (κ1) is 15.0. The van der Waals surface area contributed by atoms with Gasteiger partial charge >= 0.3 is 0 Å². The first-order valence-electron chi connectivity index (χ1n) is 6.91. The molecule has 0 saturated heterocycles. The second-order valence-electron chi connectivity index (χ2n) is 4.93. The van der Waals surface area contributed by atoms with E-state index in [9.17, 15) is 14.6 Å². The maximum Gasteiger partial charge on any atom is 0.123 e. The highest BCUT2D eigenvalue weighted by Crippen LogP contribution is 2.36. The van der Waals surface area contributed by atoms with E-state index >= 15 is 0 Å². The van der Waals surface area contributed by atoms with Crippen LogP contribution in [0, 0.1) is 5.82 Å². The fourth-order valence-corrected chi connectivity index (χ4v) is 3.53. The van der Waals surface area contributed by atoms with Gasteiger partial charge in [-0.1, -0.05) is 42.1 Å². The molecule has 4 heteroatoms. The minimum atomic E-state index is -0.366. The SMILES string of the molecule is OCc1cc(F)ccc1Sc1ccc2ccccc2c1CO. The van der Waals surface area contributed by atoms with Crippen LogP contribution in [-0.2, 0) is 13.2 Å². The van der Waals surface area contributed by atoms with Crippen molar-refractivity contribution in [1.82, 2.24) is 0 Å². The van der Waals surface area contributed by atoms with Crippen molar-refractivity contribution in [1.29, 1.82) is 0 Å². The first-order chi connectivity index (χ1) is 10.7. The molecular formula is C18H15FO2S. The fraction of sp³-hybridized carbons (Fsp3) is 0.111. The molecule has 0 aromatic heterocycles. The third kappa shape index (κ3) is 2.86. The molecular weight excluding hydrogens is 299 g/mol. The van der Waals surface area contributed by atoms with Crippen molar-refractivity contribution in [2.75, 3.05) is 0 Å². The Labute approximate surface area is 132 Å². The molecule has 0 unspecified atom stereocenters. The largest absolute Gasteiger partial charge is 0.392 e. The molecule has 0 heterocycles. The molecule has 0 saturated carbocycles. The van der Waals surface area contributed by atoms with Gasteiger partial charge in [-0.15, -0.1) is 0 Å². The number of rotatable bonds is 4. The summed E-state index contributed by atoms with van der Waals surface area (Å²) in [5, 5.41) is 21.2. The van der Waals surface area contributed by atoms with Crippen molar-refractivity contribution >= 4 is 22.5 Å². The molecule has 0 fully saturated rings. The minimum Gasteiger partial charge on any atom is -0.392 e. The Morgan fingerprint density at radius 2 is 1.64 bits per heavy atom. The quantitative estimate of drug-likeness (QED) is 0.761. The normalized spacial score (nSPS) is 11.0. The van der Waals surface area contributed by atoms with E-state index in [4.69, 9.17) is 0 Å². The van der Waals surface area contributed by atoms with Gasteiger partial charge < -0.3 is 10.2 Å². The number of aliphatic hydroxyl groups excluding tert-OH is 2. The Bertz CT molecular complexity index is 817. The standard InChI is InChI=1S/C18H15FO2S/c19-14-6-8-17(13(9-14)10-20)22-18-7-5-12-3-1-2-4-15(12)16(18)11-21/h1-9,20-21H,10-11H2. The summed E-state index contributed by atoms with van der Waals surface area (Å²) in [6.07, 6.45) is 0. The maximum absolute atomic E-state index is 13.3. The van der Waals surface area contributed by atoms with E-state index < -0.39 is 0 Å². The van der Waals surface area contributed by atoms with Crippen LogP contribution < -0.4 is 0 Å². The average molecular weight is 314 g/mol. The van der Waals surface area contributed by atoms with Crippen LogP contribution in [0.4, 0.5) is 4.39 Å². The van der Waals surface area contributed by atoms with Crippen molar-refractivity contribution in [3.63, 3.8) is 0 Å². The topological polar surface area (TPSA) is 40.5 Å². The zero-order chi connectivity index (χ0) is 15.5. The monoisotopic (exact) mass is 314 g/mol. The van der Waals surface area contributed by atoms with Gasteiger partial charge in [0.1, 0.15) is 5.82 Å². The predicted molar refractivity (Wildman–Crippen MR) is 86.3 cm³/mol. The molecule has 0 amide bonds. The molecule has 0 aliphatic rings. The van der Waals surface area contributed by atoms with Crippen LogP contribution in [0.15, 0.2) is 64.4 Å². The zero-order valence-corrected chi connectivity index (χ0v) is 12.6. The van der Waals surface area contributed by atoms with Crippen molar-refractivity contribution < 1.29 is 14.6 Å². The number of halogens is 1. The van der Waals surface area contributed by atoms with Crippen LogP contribution in [0.2, 0.25) is 0 Å². The minimum absolute atomic E-state index is 0.0701. The van der Waals surface area contributed by atoms with Gasteiger partial charge in [-0.05, 0) is 46.2 Å². The Kier molecular flexibility index (Phi) is 4.43. The second kappa shape index (κ2) is 6.48. The molecule has 0 atom stereocenters. The van der Waals surface area contributed by atoms with E-state index in [-0.39, 0.29) is 19.0 Å². The van der Waals surface area contributed by atoms with Gasteiger partial charge in [-0.2, -0.15) is 0 Å². The van der Waals surface area contributed by atoms with Crippen LogP contribution in [0.5, 0.6) is 0 Å². The molecule has 0 radical (unpaired) electrons. The molecule has 3 rings (SSSR count). The highest BCUT2D eigenvalue weighted by molar-refractivity contribution is 7.99. The highest BCUT2D eigenvalue weighted by Gasteiger charge is 2.11. The molecule has 0 aliphatic heterocycles. The van der Waals surface area contributed by atoms with Gasteiger partial charge in [-0.3, -0.25) is 0 Å². The second-order valence-corrected chi connectivity index (χ2v) is 6.02. The molecule has 112 valence electrons. The Hall–Kier alpha value is -1.88. The summed E-state index contributed by atoms with van der Waals surface area (Å²) < 4.78 is 13.3. The lowest BCUT2D eigenvalue weighted by Gasteiger charge is -2.13. The third-order valence-electron chi connectivity index (χ3n) is 3.57. The number of aliphatic hydroxyl groups is 2. The average Bonchev–Trinajstić information content (AvgIpc) is 2.56. The summed E-state index contributed by atoms with van der Waals surface area (Å²) in [6, 6.07) is 16.2. The number of hydrogen-bond acceptors (Lipinski definition) is 3. The van der Waals surface area contributed by atoms with E-state index in [0.29, 0.717) is 5.56 Å². The summed E-state index contributed by atoms with van der Waals surface area (Å²) in [5.74, 6) is -0.366. The molecule has 3 aromatic rings. The number of fused-ring (bicyclic) bond motifs is 1. The van der Waals surface area contributed by atoms with Gasteiger partial charge in [0.05, 0.1) is 13.2 Å². The molecule has 22 heavy (non-hydrogen) atoms. The van der Waals surface area contributed by atoms with Crippen molar-refractivity contribution in [2.24, 2.45) is 0 Å². The van der Waals surface area contributed by atoms with E-state index in [1.165, 1.54) is 23.9 Å². The Morgan fingerprint density at radius 1 is 0.864 bits per heavy atom. The first-order valence-corrected chi connectivity index (χ1v) is 7.73. The molecule has 2 nitrogen and oxygen atoms in total. The third-order valence-corrected chi connectivity index (χ3v) is 4.79. The Balaban J connectivity index is 2.07. The molecule has 0 bridgehead atoms. The zero-order valence-electron chi connectivity index (χ0n) is 11.8. The number of hydrogen-bond donors (Lipinski definition) is 2. The number of benzene rings is 3. The Morgan fingerprint density at radius 3 is 2.41 bits per heavy atom. The summed E-state index contributed by atoms with van der Waals surface area (Å²) in [4.78, 5) is 1.69. The van der Waals surface area contributed by atoms with Crippen molar-refractivity contribution in [3.8, 4) is 0 Å². The summed E-state index contributed by atoms with van der Waals surface area (Å²) in [6.45, 7) is -0.290. The molecule has 0 aliphatic carbocycles. The van der Waals surface area contributed by atoms with E-state index in [2.05, 4.69) is 0 Å². The maximum atomic E-state index is 13.3. The lowest BCUT2D eigenvalue weighted by molar-refractivity contribution is 0.278. The van der Waals surface area contributed by atoms with Gasteiger partial charge in [0.25, 0.3) is 0 Å². The summed E-state index contributed by atoms with van der Waals surface area (Å²) >= 11 is 1.43. The van der Waals surface area contributed by atoms with Gasteiger partial charge in [0, 0.05) is 9.79 Å². The van der Waals surface area contributed by atoms with Crippen LogP contribution in [0.3, 0.4) is 0 Å². The van der Waals surface area contributed by atoms with Crippen LogP contribution in [0.1, 0.15) is 11.1 Å². The van der Waals surface area contributed by atoms with Crippen LogP contribution >= 0.6 is 11.8 Å². The molecule has 2 N–H and O–H groups in total. The van der Waals surface area contributed by atoms with E-state index in [1.807, 2.05) is 36.4 Å². The summed E-state index contributed by atoms with van der Waals surface area (Å²) in [7, 11) is 0. The fourth-order valence-electron chi connectivity index (χ4n) is 2.46. The van der Waals surface area contributed by atoms with Crippen LogP contribution in [0.25, 0.3) is 10.8 Å². The van der Waals surface area contributed by atoms with E-state index in [1.54, 1.807) is 6.07 Å². The van der Waals surface area contributed by atoms with Crippen LogP contribution in [-0.4, -0.2) is 10.2 Å². The summed E-state index contributed by atoms with van der Waals surface area (Å²) in [5.41, 5.74) is 1.39. The lowest BCUT2D eigenvalue weighted by atomic mass is 10.1. The molecule has 0 spiro atoms. The smallest absolute Gasteiger partial charge is 0.123 e. The highest BCUT2D eigenvalue weighted by atomic mass is 32.2. The van der Waals surface area contributed by atoms with Crippen molar-refractivity contribution in [2.45, 2.75) is 23.0 Å². The van der Waals surface area contributed by atoms with Gasteiger partial charge in [-0.25, -0.2) is 4.39 Å². The van der Waals surface area contributed by atoms with E-state index in [0.717, 1.165) is 26.1 Å². The van der Waals surface area contributed by atoms with Crippen molar-refractivity contribution in [3.05, 3.63) is 71.5 Å². The van der Waals surface area contributed by atoms with Gasteiger partial charge in [0.2, 0.25) is 0 Å². The van der Waals surface area contributed by atoms with Gasteiger partial charge in [0.15, 0.2) is 0 Å².